The van der Waals surface area contributed by atoms with Crippen LogP contribution in [0.4, 0.5) is 0 Å². The van der Waals surface area contributed by atoms with Crippen LogP contribution < -0.4 is 0 Å². The van der Waals surface area contributed by atoms with E-state index in [9.17, 15) is 8.42 Å². The molecule has 1 aromatic carbocycles. The maximum absolute atomic E-state index is 12.2. The topological polar surface area (TPSA) is 52.6 Å². The summed E-state index contributed by atoms with van der Waals surface area (Å²) in [4.78, 5) is 0.224. The van der Waals surface area contributed by atoms with Crippen LogP contribution in [-0.4, -0.2) is 29.4 Å². The monoisotopic (exact) mass is 370 g/mol. The van der Waals surface area contributed by atoms with Gasteiger partial charge < -0.3 is 4.43 Å². The zero-order chi connectivity index (χ0) is 18.2. The maximum Gasteiger partial charge on any atom is 0.296 e. The molecule has 1 fully saturated rings. The van der Waals surface area contributed by atoms with Crippen molar-refractivity contribution >= 4 is 18.4 Å². The zero-order valence-corrected chi connectivity index (χ0v) is 17.4. The van der Waals surface area contributed by atoms with Crippen LogP contribution in [-0.2, 0) is 18.7 Å². The molecule has 1 aromatic rings. The Kier molecular flexibility index (Phi) is 5.64. The van der Waals surface area contributed by atoms with Crippen molar-refractivity contribution in [1.82, 2.24) is 0 Å². The van der Waals surface area contributed by atoms with Crippen LogP contribution >= 0.6 is 0 Å². The number of benzene rings is 1. The SMILES string of the molecule is Cc1ccc(S(=O)(=O)OCC2CC(O[Si](C)(C)C(C)(C)C)C2)cc1. The Morgan fingerprint density at radius 2 is 1.67 bits per heavy atom. The molecule has 0 aliphatic heterocycles. The van der Waals surface area contributed by atoms with Gasteiger partial charge in [-0.15, -0.1) is 0 Å². The fourth-order valence-corrected chi connectivity index (χ4v) is 4.82. The predicted octanol–water partition coefficient (Wildman–Crippen LogP) is 4.50. The summed E-state index contributed by atoms with van der Waals surface area (Å²) in [7, 11) is -5.40. The van der Waals surface area contributed by atoms with E-state index in [1.807, 2.05) is 6.92 Å². The van der Waals surface area contributed by atoms with Gasteiger partial charge in [-0.1, -0.05) is 38.5 Å². The number of hydrogen-bond donors (Lipinski definition) is 0. The van der Waals surface area contributed by atoms with E-state index in [4.69, 9.17) is 8.61 Å². The van der Waals surface area contributed by atoms with Gasteiger partial charge in [-0.05, 0) is 55.9 Å². The lowest BCUT2D eigenvalue weighted by Crippen LogP contribution is -2.48. The summed E-state index contributed by atoms with van der Waals surface area (Å²) in [6.45, 7) is 13.4. The zero-order valence-electron chi connectivity index (χ0n) is 15.6. The van der Waals surface area contributed by atoms with E-state index in [0.29, 0.717) is 0 Å². The number of rotatable bonds is 6. The maximum atomic E-state index is 12.2. The molecule has 0 aromatic heterocycles. The Hall–Kier alpha value is -0.693. The second-order valence-corrected chi connectivity index (χ2v) is 14.8. The predicted molar refractivity (Wildman–Crippen MR) is 99.1 cm³/mol. The Labute approximate surface area is 147 Å². The van der Waals surface area contributed by atoms with Crippen molar-refractivity contribution in [3.05, 3.63) is 29.8 Å². The lowest BCUT2D eigenvalue weighted by atomic mass is 9.83. The molecule has 0 radical (unpaired) electrons. The molecule has 1 saturated carbocycles. The summed E-state index contributed by atoms with van der Waals surface area (Å²) in [5.74, 6) is 0.264. The lowest BCUT2D eigenvalue weighted by Gasteiger charge is -2.44. The molecule has 2 rings (SSSR count). The van der Waals surface area contributed by atoms with Gasteiger partial charge in [0.25, 0.3) is 10.1 Å². The van der Waals surface area contributed by atoms with E-state index in [0.717, 1.165) is 18.4 Å². The van der Waals surface area contributed by atoms with Crippen molar-refractivity contribution in [3.8, 4) is 0 Å². The van der Waals surface area contributed by atoms with Crippen LogP contribution in [0.5, 0.6) is 0 Å². The van der Waals surface area contributed by atoms with Crippen LogP contribution in [0.15, 0.2) is 29.2 Å². The van der Waals surface area contributed by atoms with Gasteiger partial charge in [-0.3, -0.25) is 4.18 Å². The minimum atomic E-state index is -3.66. The molecule has 0 bridgehead atoms. The molecular weight excluding hydrogens is 340 g/mol. The molecular formula is C18H30O4SSi. The molecule has 0 atom stereocenters. The van der Waals surface area contributed by atoms with Gasteiger partial charge >= 0.3 is 0 Å². The highest BCUT2D eigenvalue weighted by Gasteiger charge is 2.42. The van der Waals surface area contributed by atoms with E-state index in [2.05, 4.69) is 33.9 Å². The Morgan fingerprint density at radius 3 is 2.17 bits per heavy atom. The highest BCUT2D eigenvalue weighted by atomic mass is 32.2. The van der Waals surface area contributed by atoms with E-state index >= 15 is 0 Å². The summed E-state index contributed by atoms with van der Waals surface area (Å²) >= 11 is 0. The first-order chi connectivity index (χ1) is 10.9. The molecule has 1 aliphatic carbocycles. The smallest absolute Gasteiger partial charge is 0.296 e. The average Bonchev–Trinajstić information content (AvgIpc) is 2.40. The Bertz CT molecular complexity index is 653. The van der Waals surface area contributed by atoms with Crippen molar-refractivity contribution in [1.29, 1.82) is 0 Å². The van der Waals surface area contributed by atoms with Gasteiger partial charge in [0, 0.05) is 6.10 Å². The summed E-state index contributed by atoms with van der Waals surface area (Å²) in [5.41, 5.74) is 1.03. The Morgan fingerprint density at radius 1 is 1.12 bits per heavy atom. The van der Waals surface area contributed by atoms with E-state index < -0.39 is 18.4 Å². The number of aryl methyl sites for hydroxylation is 1. The fourth-order valence-electron chi connectivity index (χ4n) is 2.46. The summed E-state index contributed by atoms with van der Waals surface area (Å²) in [6, 6.07) is 6.74. The molecule has 136 valence electrons. The third-order valence-electron chi connectivity index (χ3n) is 5.23. The van der Waals surface area contributed by atoms with Crippen molar-refractivity contribution in [2.45, 2.75) is 69.7 Å². The minimum Gasteiger partial charge on any atom is -0.414 e. The van der Waals surface area contributed by atoms with Crippen LogP contribution in [0.25, 0.3) is 0 Å². The highest BCUT2D eigenvalue weighted by molar-refractivity contribution is 7.86. The van der Waals surface area contributed by atoms with Gasteiger partial charge in [0.05, 0.1) is 11.5 Å². The molecule has 0 N–H and O–H groups in total. The average molecular weight is 371 g/mol. The van der Waals surface area contributed by atoms with Crippen LogP contribution in [0.2, 0.25) is 18.1 Å². The van der Waals surface area contributed by atoms with Crippen LogP contribution in [0, 0.1) is 12.8 Å². The van der Waals surface area contributed by atoms with Crippen LogP contribution in [0.3, 0.4) is 0 Å². The summed E-state index contributed by atoms with van der Waals surface area (Å²) in [6.07, 6.45) is 2.02. The van der Waals surface area contributed by atoms with Gasteiger partial charge in [-0.2, -0.15) is 8.42 Å². The Balaban J connectivity index is 1.81. The number of hydrogen-bond acceptors (Lipinski definition) is 4. The third-order valence-corrected chi connectivity index (χ3v) is 11.1. The van der Waals surface area contributed by atoms with E-state index in [-0.39, 0.29) is 28.6 Å². The first-order valence-corrected chi connectivity index (χ1v) is 12.9. The first-order valence-electron chi connectivity index (χ1n) is 8.55. The summed E-state index contributed by atoms with van der Waals surface area (Å²) in [5, 5.41) is 0.198. The van der Waals surface area contributed by atoms with Gasteiger partial charge in [-0.25, -0.2) is 0 Å². The second kappa shape index (κ2) is 6.90. The molecule has 0 saturated heterocycles. The molecule has 6 heteroatoms. The molecule has 0 spiro atoms. The minimum absolute atomic E-state index is 0.198. The molecule has 0 amide bonds. The largest absolute Gasteiger partial charge is 0.414 e. The quantitative estimate of drug-likeness (QED) is 0.546. The van der Waals surface area contributed by atoms with Crippen LogP contribution in [0.1, 0.15) is 39.2 Å². The van der Waals surface area contributed by atoms with E-state index in [1.54, 1.807) is 24.3 Å². The lowest BCUT2D eigenvalue weighted by molar-refractivity contribution is 0.0301. The van der Waals surface area contributed by atoms with E-state index in [1.165, 1.54) is 0 Å². The summed E-state index contributed by atoms with van der Waals surface area (Å²) < 4.78 is 35.9. The third kappa shape index (κ3) is 4.68. The molecule has 0 heterocycles. The van der Waals surface area contributed by atoms with Gasteiger partial charge in [0.2, 0.25) is 0 Å². The van der Waals surface area contributed by atoms with Crippen molar-refractivity contribution in [2.24, 2.45) is 5.92 Å². The van der Waals surface area contributed by atoms with Crippen molar-refractivity contribution in [3.63, 3.8) is 0 Å². The highest BCUT2D eigenvalue weighted by Crippen LogP contribution is 2.41. The van der Waals surface area contributed by atoms with Gasteiger partial charge in [0.1, 0.15) is 0 Å². The first kappa shape index (κ1) is 19.6. The standard InChI is InChI=1S/C18H30O4SSi/c1-14-7-9-17(10-8-14)23(19,20)21-13-15-11-16(12-15)22-24(5,6)18(2,3)4/h7-10,15-16H,11-13H2,1-6H3. The fraction of sp³-hybridized carbons (Fsp3) is 0.667. The van der Waals surface area contributed by atoms with Gasteiger partial charge in [0.15, 0.2) is 8.32 Å². The molecule has 24 heavy (non-hydrogen) atoms. The molecule has 1 aliphatic rings. The normalized spacial score (nSPS) is 22.2. The second-order valence-electron chi connectivity index (χ2n) is 8.39. The van der Waals surface area contributed by atoms with Crippen molar-refractivity contribution < 1.29 is 17.0 Å². The molecule has 0 unspecified atom stereocenters. The van der Waals surface area contributed by atoms with Crippen molar-refractivity contribution in [2.75, 3.05) is 6.61 Å². The molecule has 4 nitrogen and oxygen atoms in total.